The van der Waals surface area contributed by atoms with Crippen LogP contribution < -0.4 is 4.74 Å². The summed E-state index contributed by atoms with van der Waals surface area (Å²) < 4.78 is 6.55. The van der Waals surface area contributed by atoms with Gasteiger partial charge in [0.1, 0.15) is 11.9 Å². The average Bonchev–Trinajstić information content (AvgIpc) is 3.20. The SMILES string of the molecule is Cc1cc(CN2CCCCC2)ccc1OC1CCc2c(-c3ccccc3)cccc21. The largest absolute Gasteiger partial charge is 0.485 e. The number of aryl methyl sites for hydroxylation is 1. The van der Waals surface area contributed by atoms with Crippen molar-refractivity contribution < 1.29 is 4.74 Å². The molecule has 1 atom stereocenters. The van der Waals surface area contributed by atoms with Crippen molar-refractivity contribution in [1.29, 1.82) is 0 Å². The fourth-order valence-electron chi connectivity index (χ4n) is 5.10. The fourth-order valence-corrected chi connectivity index (χ4v) is 5.10. The Morgan fingerprint density at radius 3 is 2.53 bits per heavy atom. The van der Waals surface area contributed by atoms with Gasteiger partial charge in [-0.25, -0.2) is 0 Å². The summed E-state index contributed by atoms with van der Waals surface area (Å²) in [6, 6.07) is 24.2. The zero-order valence-electron chi connectivity index (χ0n) is 17.9. The van der Waals surface area contributed by atoms with E-state index in [9.17, 15) is 0 Å². The first-order chi connectivity index (χ1) is 14.8. The van der Waals surface area contributed by atoms with E-state index in [1.165, 1.54) is 65.7 Å². The lowest BCUT2D eigenvalue weighted by Crippen LogP contribution is -2.29. The molecule has 2 heteroatoms. The molecular weight excluding hydrogens is 366 g/mol. The smallest absolute Gasteiger partial charge is 0.124 e. The Balaban J connectivity index is 1.33. The van der Waals surface area contributed by atoms with Gasteiger partial charge in [0, 0.05) is 6.54 Å². The first kappa shape index (κ1) is 19.4. The van der Waals surface area contributed by atoms with Crippen molar-refractivity contribution in [3.63, 3.8) is 0 Å². The van der Waals surface area contributed by atoms with Gasteiger partial charge in [0.25, 0.3) is 0 Å². The van der Waals surface area contributed by atoms with Crippen LogP contribution in [0.5, 0.6) is 5.75 Å². The van der Waals surface area contributed by atoms with Gasteiger partial charge in [-0.2, -0.15) is 0 Å². The molecule has 2 nitrogen and oxygen atoms in total. The molecule has 1 saturated heterocycles. The normalized spacial score (nSPS) is 18.9. The molecule has 0 radical (unpaired) electrons. The van der Waals surface area contributed by atoms with Crippen LogP contribution in [0.4, 0.5) is 0 Å². The summed E-state index contributed by atoms with van der Waals surface area (Å²) in [5.41, 5.74) is 8.11. The molecule has 0 saturated carbocycles. The summed E-state index contributed by atoms with van der Waals surface area (Å²) >= 11 is 0. The van der Waals surface area contributed by atoms with Crippen molar-refractivity contribution in [3.8, 4) is 16.9 Å². The number of likely N-dealkylation sites (tertiary alicyclic amines) is 1. The van der Waals surface area contributed by atoms with Gasteiger partial charge < -0.3 is 4.74 Å². The van der Waals surface area contributed by atoms with Crippen LogP contribution in [-0.4, -0.2) is 18.0 Å². The molecule has 0 spiro atoms. The van der Waals surface area contributed by atoms with E-state index in [2.05, 4.69) is 78.6 Å². The maximum Gasteiger partial charge on any atom is 0.124 e. The lowest BCUT2D eigenvalue weighted by molar-refractivity contribution is 0.205. The number of rotatable bonds is 5. The highest BCUT2D eigenvalue weighted by Crippen LogP contribution is 2.40. The van der Waals surface area contributed by atoms with E-state index in [0.717, 1.165) is 25.1 Å². The van der Waals surface area contributed by atoms with Gasteiger partial charge >= 0.3 is 0 Å². The zero-order chi connectivity index (χ0) is 20.3. The Hall–Kier alpha value is -2.58. The van der Waals surface area contributed by atoms with Crippen LogP contribution in [0, 0.1) is 6.92 Å². The predicted molar refractivity (Wildman–Crippen MR) is 124 cm³/mol. The second-order valence-corrected chi connectivity index (χ2v) is 8.82. The third-order valence-corrected chi connectivity index (χ3v) is 6.66. The number of fused-ring (bicyclic) bond motifs is 1. The van der Waals surface area contributed by atoms with Crippen molar-refractivity contribution >= 4 is 0 Å². The number of hydrogen-bond donors (Lipinski definition) is 0. The van der Waals surface area contributed by atoms with Crippen molar-refractivity contribution in [2.24, 2.45) is 0 Å². The molecule has 0 bridgehead atoms. The summed E-state index contributed by atoms with van der Waals surface area (Å²) in [5, 5.41) is 0. The zero-order valence-corrected chi connectivity index (χ0v) is 17.9. The summed E-state index contributed by atoms with van der Waals surface area (Å²) in [6.45, 7) is 5.72. The van der Waals surface area contributed by atoms with Crippen LogP contribution in [0.3, 0.4) is 0 Å². The van der Waals surface area contributed by atoms with Crippen LogP contribution in [0.25, 0.3) is 11.1 Å². The lowest BCUT2D eigenvalue weighted by Gasteiger charge is -2.26. The van der Waals surface area contributed by atoms with Crippen molar-refractivity contribution in [2.45, 2.75) is 51.7 Å². The standard InChI is InChI=1S/C28H31NO/c1-21-19-22(20-29-17-6-3-7-18-29)13-15-27(21)30-28-16-14-25-24(11-8-12-26(25)28)23-9-4-2-5-10-23/h2,4-5,8-13,15,19,28H,3,6-7,14,16-18,20H2,1H3. The van der Waals surface area contributed by atoms with Gasteiger partial charge in [-0.3, -0.25) is 4.90 Å². The highest BCUT2D eigenvalue weighted by Gasteiger charge is 2.27. The second-order valence-electron chi connectivity index (χ2n) is 8.82. The Kier molecular flexibility index (Phi) is 5.59. The van der Waals surface area contributed by atoms with Crippen LogP contribution in [0.1, 0.15) is 54.0 Å². The number of ether oxygens (including phenoxy) is 1. The average molecular weight is 398 g/mol. The van der Waals surface area contributed by atoms with E-state index in [1.54, 1.807) is 0 Å². The monoisotopic (exact) mass is 397 g/mol. The highest BCUT2D eigenvalue weighted by atomic mass is 16.5. The molecule has 30 heavy (non-hydrogen) atoms. The summed E-state index contributed by atoms with van der Waals surface area (Å²) in [7, 11) is 0. The van der Waals surface area contributed by atoms with Gasteiger partial charge in [-0.05, 0) is 85.1 Å². The predicted octanol–water partition coefficient (Wildman–Crippen LogP) is 6.71. The Labute approximate surface area is 180 Å². The molecule has 1 aliphatic carbocycles. The number of benzene rings is 3. The topological polar surface area (TPSA) is 12.5 Å². The van der Waals surface area contributed by atoms with Gasteiger partial charge in [0.2, 0.25) is 0 Å². The number of piperidine rings is 1. The van der Waals surface area contributed by atoms with Crippen molar-refractivity contribution in [3.05, 3.63) is 89.0 Å². The quantitative estimate of drug-likeness (QED) is 0.474. The van der Waals surface area contributed by atoms with Gasteiger partial charge in [0.15, 0.2) is 0 Å². The van der Waals surface area contributed by atoms with Crippen LogP contribution in [0.15, 0.2) is 66.7 Å². The molecule has 0 N–H and O–H groups in total. The summed E-state index contributed by atoms with van der Waals surface area (Å²) in [5.74, 6) is 1.03. The maximum absolute atomic E-state index is 6.55. The van der Waals surface area contributed by atoms with Gasteiger partial charge in [-0.15, -0.1) is 0 Å². The molecule has 0 amide bonds. The van der Waals surface area contributed by atoms with Gasteiger partial charge in [-0.1, -0.05) is 67.1 Å². The third kappa shape index (κ3) is 4.02. The second kappa shape index (κ2) is 8.65. The molecule has 5 rings (SSSR count). The summed E-state index contributed by atoms with van der Waals surface area (Å²) in [4.78, 5) is 2.58. The minimum atomic E-state index is 0.148. The Morgan fingerprint density at radius 1 is 0.900 bits per heavy atom. The third-order valence-electron chi connectivity index (χ3n) is 6.66. The fraction of sp³-hybridized carbons (Fsp3) is 0.357. The molecule has 1 fully saturated rings. The molecule has 1 aliphatic heterocycles. The van der Waals surface area contributed by atoms with Crippen LogP contribution in [0.2, 0.25) is 0 Å². The molecule has 0 aromatic heterocycles. The first-order valence-corrected chi connectivity index (χ1v) is 11.4. The summed E-state index contributed by atoms with van der Waals surface area (Å²) in [6.07, 6.45) is 6.34. The molecule has 1 unspecified atom stereocenters. The van der Waals surface area contributed by atoms with E-state index in [4.69, 9.17) is 4.74 Å². The van der Waals surface area contributed by atoms with E-state index < -0.39 is 0 Å². The minimum Gasteiger partial charge on any atom is -0.485 e. The van der Waals surface area contributed by atoms with Crippen LogP contribution in [-0.2, 0) is 13.0 Å². The number of nitrogens with zero attached hydrogens (tertiary/aromatic N) is 1. The Morgan fingerprint density at radius 2 is 1.73 bits per heavy atom. The first-order valence-electron chi connectivity index (χ1n) is 11.4. The molecule has 154 valence electrons. The molecular formula is C28H31NO. The minimum absolute atomic E-state index is 0.148. The Bertz CT molecular complexity index is 1000. The molecule has 1 heterocycles. The lowest BCUT2D eigenvalue weighted by atomic mass is 9.97. The molecule has 2 aliphatic rings. The van der Waals surface area contributed by atoms with E-state index >= 15 is 0 Å². The van der Waals surface area contributed by atoms with E-state index in [1.807, 2.05) is 0 Å². The number of hydrogen-bond acceptors (Lipinski definition) is 2. The highest BCUT2D eigenvalue weighted by molar-refractivity contribution is 5.69. The molecule has 3 aromatic carbocycles. The van der Waals surface area contributed by atoms with E-state index in [0.29, 0.717) is 0 Å². The maximum atomic E-state index is 6.55. The van der Waals surface area contributed by atoms with Gasteiger partial charge in [0.05, 0.1) is 0 Å². The van der Waals surface area contributed by atoms with E-state index in [-0.39, 0.29) is 6.10 Å². The van der Waals surface area contributed by atoms with Crippen molar-refractivity contribution in [2.75, 3.05) is 13.1 Å². The van der Waals surface area contributed by atoms with Crippen molar-refractivity contribution in [1.82, 2.24) is 4.90 Å². The molecule has 3 aromatic rings. The van der Waals surface area contributed by atoms with Crippen LogP contribution >= 0.6 is 0 Å².